The van der Waals surface area contributed by atoms with Crippen molar-refractivity contribution < 1.29 is 4.79 Å². The SMILES string of the molecule is CCNC(=O)Nc1ccccc1N1CCC(c2ncn(C(c3ccccc3)(c3ccccc3)c3ccccc3)c2C)CC1. The Morgan fingerprint density at radius 1 is 0.791 bits per heavy atom. The van der Waals surface area contributed by atoms with Crippen LogP contribution >= 0.6 is 0 Å². The highest BCUT2D eigenvalue weighted by Gasteiger charge is 2.40. The van der Waals surface area contributed by atoms with Crippen LogP contribution in [-0.4, -0.2) is 35.2 Å². The predicted molar refractivity (Wildman–Crippen MR) is 175 cm³/mol. The van der Waals surface area contributed by atoms with Crippen LogP contribution in [0, 0.1) is 6.92 Å². The third-order valence-electron chi connectivity index (χ3n) is 8.69. The average molecular weight is 570 g/mol. The van der Waals surface area contributed by atoms with E-state index in [9.17, 15) is 4.79 Å². The average Bonchev–Trinajstić information content (AvgIpc) is 3.44. The molecule has 1 saturated heterocycles. The van der Waals surface area contributed by atoms with Gasteiger partial charge in [-0.25, -0.2) is 9.78 Å². The summed E-state index contributed by atoms with van der Waals surface area (Å²) in [7, 11) is 0. The Balaban J connectivity index is 1.34. The zero-order valence-corrected chi connectivity index (χ0v) is 24.9. The maximum Gasteiger partial charge on any atom is 0.319 e. The molecule has 0 saturated carbocycles. The molecule has 0 radical (unpaired) electrons. The third kappa shape index (κ3) is 5.41. The molecule has 0 spiro atoms. The molecule has 1 aliphatic heterocycles. The first kappa shape index (κ1) is 28.3. The fraction of sp³-hybridized carbons (Fsp3) is 0.243. The van der Waals surface area contributed by atoms with Gasteiger partial charge in [0.2, 0.25) is 0 Å². The number of nitrogens with one attached hydrogen (secondary N) is 2. The lowest BCUT2D eigenvalue weighted by atomic mass is 9.76. The monoisotopic (exact) mass is 569 g/mol. The molecule has 1 fully saturated rings. The number of rotatable bonds is 8. The number of piperidine rings is 1. The molecule has 0 unspecified atom stereocenters. The van der Waals surface area contributed by atoms with Crippen LogP contribution in [0.15, 0.2) is 122 Å². The number of imidazole rings is 1. The summed E-state index contributed by atoms with van der Waals surface area (Å²) < 4.78 is 2.39. The highest BCUT2D eigenvalue weighted by molar-refractivity contribution is 5.93. The second kappa shape index (κ2) is 12.6. The number of hydrogen-bond donors (Lipinski definition) is 2. The van der Waals surface area contributed by atoms with Gasteiger partial charge in [-0.3, -0.25) is 0 Å². The molecule has 0 bridgehead atoms. The van der Waals surface area contributed by atoms with Gasteiger partial charge in [0.15, 0.2) is 0 Å². The second-order valence-corrected chi connectivity index (χ2v) is 11.2. The summed E-state index contributed by atoms with van der Waals surface area (Å²) in [6, 6.07) is 40.2. The van der Waals surface area contributed by atoms with Crippen LogP contribution < -0.4 is 15.5 Å². The van der Waals surface area contributed by atoms with Crippen molar-refractivity contribution in [3.8, 4) is 0 Å². The largest absolute Gasteiger partial charge is 0.370 e. The van der Waals surface area contributed by atoms with Crippen molar-refractivity contribution in [1.29, 1.82) is 0 Å². The number of aromatic nitrogens is 2. The first-order chi connectivity index (χ1) is 21.1. The predicted octanol–water partition coefficient (Wildman–Crippen LogP) is 7.56. The number of para-hydroxylation sites is 2. The molecule has 0 aliphatic carbocycles. The first-order valence-corrected chi connectivity index (χ1v) is 15.2. The number of urea groups is 1. The van der Waals surface area contributed by atoms with Gasteiger partial charge in [-0.15, -0.1) is 0 Å². The van der Waals surface area contributed by atoms with Gasteiger partial charge in [0, 0.05) is 31.2 Å². The summed E-state index contributed by atoms with van der Waals surface area (Å²) in [4.78, 5) is 19.8. The number of nitrogens with zero attached hydrogens (tertiary/aromatic N) is 3. The van der Waals surface area contributed by atoms with Crippen LogP contribution in [0.2, 0.25) is 0 Å². The van der Waals surface area contributed by atoms with Crippen molar-refractivity contribution >= 4 is 17.4 Å². The molecule has 0 atom stereocenters. The van der Waals surface area contributed by atoms with E-state index in [4.69, 9.17) is 4.98 Å². The second-order valence-electron chi connectivity index (χ2n) is 11.2. The minimum absolute atomic E-state index is 0.176. The zero-order valence-electron chi connectivity index (χ0n) is 24.9. The van der Waals surface area contributed by atoms with Gasteiger partial charge in [-0.05, 0) is 55.5 Å². The Bertz CT molecular complexity index is 1540. The number of carbonyl (C=O) groups excluding carboxylic acids is 1. The van der Waals surface area contributed by atoms with E-state index in [1.165, 1.54) is 28.1 Å². The zero-order chi connectivity index (χ0) is 29.6. The molecule has 1 aromatic heterocycles. The molecule has 4 aromatic carbocycles. The number of amides is 2. The lowest BCUT2D eigenvalue weighted by molar-refractivity contribution is 0.252. The summed E-state index contributed by atoms with van der Waals surface area (Å²) in [6.07, 6.45) is 4.03. The summed E-state index contributed by atoms with van der Waals surface area (Å²) in [5.74, 6) is 0.348. The van der Waals surface area contributed by atoms with E-state index in [0.29, 0.717) is 12.5 Å². The Morgan fingerprint density at radius 3 is 1.84 bits per heavy atom. The normalized spacial score (nSPS) is 14.0. The highest BCUT2D eigenvalue weighted by Crippen LogP contribution is 2.43. The van der Waals surface area contributed by atoms with Crippen molar-refractivity contribution in [2.45, 2.75) is 38.1 Å². The number of anilines is 2. The standard InChI is InChI=1S/C37H39N5O/c1-3-38-36(43)40-33-21-13-14-22-34(33)41-25-23-29(24-26-41)35-28(2)42(27-39-35)37(30-15-7-4-8-16-30,31-17-9-5-10-18-31)32-19-11-6-12-20-32/h4-22,27,29H,3,23-26H2,1-2H3,(H2,38,40,43). The van der Waals surface area contributed by atoms with Gasteiger partial charge in [0.25, 0.3) is 0 Å². The van der Waals surface area contributed by atoms with E-state index in [-0.39, 0.29) is 6.03 Å². The topological polar surface area (TPSA) is 62.2 Å². The van der Waals surface area contributed by atoms with Crippen molar-refractivity contribution in [3.63, 3.8) is 0 Å². The molecule has 218 valence electrons. The maximum absolute atomic E-state index is 12.3. The first-order valence-electron chi connectivity index (χ1n) is 15.2. The summed E-state index contributed by atoms with van der Waals surface area (Å²) in [5, 5.41) is 5.85. The van der Waals surface area contributed by atoms with Crippen molar-refractivity contribution in [3.05, 3.63) is 150 Å². The summed E-state index contributed by atoms with van der Waals surface area (Å²) >= 11 is 0. The van der Waals surface area contributed by atoms with Crippen LogP contribution in [0.3, 0.4) is 0 Å². The van der Waals surface area contributed by atoms with E-state index in [1.807, 2.05) is 25.1 Å². The smallest absolute Gasteiger partial charge is 0.319 e. The van der Waals surface area contributed by atoms with E-state index < -0.39 is 5.54 Å². The van der Waals surface area contributed by atoms with Gasteiger partial charge in [-0.2, -0.15) is 0 Å². The molecular weight excluding hydrogens is 530 g/mol. The molecule has 2 heterocycles. The van der Waals surface area contributed by atoms with Crippen molar-refractivity contribution in [2.24, 2.45) is 0 Å². The Morgan fingerprint density at radius 2 is 1.30 bits per heavy atom. The molecule has 43 heavy (non-hydrogen) atoms. The van der Waals surface area contributed by atoms with Crippen molar-refractivity contribution in [1.82, 2.24) is 14.9 Å². The van der Waals surface area contributed by atoms with Crippen LogP contribution in [0.1, 0.15) is 53.8 Å². The number of hydrogen-bond acceptors (Lipinski definition) is 3. The minimum atomic E-state index is -0.566. The Labute approximate surface area is 254 Å². The van der Waals surface area contributed by atoms with E-state index >= 15 is 0 Å². The lowest BCUT2D eigenvalue weighted by Gasteiger charge is -2.39. The molecular formula is C37H39N5O. The molecule has 2 N–H and O–H groups in total. The van der Waals surface area contributed by atoms with Gasteiger partial charge in [-0.1, -0.05) is 103 Å². The van der Waals surface area contributed by atoms with Crippen LogP contribution in [-0.2, 0) is 5.54 Å². The molecule has 5 aromatic rings. The summed E-state index contributed by atoms with van der Waals surface area (Å²) in [5.41, 5.74) is 7.29. The fourth-order valence-electron chi connectivity index (χ4n) is 6.69. The van der Waals surface area contributed by atoms with Crippen molar-refractivity contribution in [2.75, 3.05) is 29.9 Å². The Kier molecular flexibility index (Phi) is 8.27. The molecule has 6 rings (SSSR count). The van der Waals surface area contributed by atoms with Gasteiger partial charge in [0.1, 0.15) is 5.54 Å². The van der Waals surface area contributed by atoms with Crippen LogP contribution in [0.25, 0.3) is 0 Å². The quantitative estimate of drug-likeness (QED) is 0.190. The Hall–Kier alpha value is -4.84. The summed E-state index contributed by atoms with van der Waals surface area (Å²) in [6.45, 7) is 6.52. The molecule has 2 amide bonds. The molecule has 6 nitrogen and oxygen atoms in total. The minimum Gasteiger partial charge on any atom is -0.370 e. The number of benzene rings is 4. The van der Waals surface area contributed by atoms with Gasteiger partial charge < -0.3 is 20.1 Å². The molecule has 1 aliphatic rings. The van der Waals surface area contributed by atoms with E-state index in [2.05, 4.69) is 130 Å². The maximum atomic E-state index is 12.3. The third-order valence-corrected chi connectivity index (χ3v) is 8.69. The highest BCUT2D eigenvalue weighted by atomic mass is 16.2. The van der Waals surface area contributed by atoms with E-state index in [1.54, 1.807) is 0 Å². The van der Waals surface area contributed by atoms with Crippen LogP contribution in [0.4, 0.5) is 16.2 Å². The van der Waals surface area contributed by atoms with E-state index in [0.717, 1.165) is 37.3 Å². The molecule has 6 heteroatoms. The number of carbonyl (C=O) groups is 1. The van der Waals surface area contributed by atoms with Crippen LogP contribution in [0.5, 0.6) is 0 Å². The van der Waals surface area contributed by atoms with Gasteiger partial charge >= 0.3 is 6.03 Å². The lowest BCUT2D eigenvalue weighted by Crippen LogP contribution is -2.38. The fourth-order valence-corrected chi connectivity index (χ4v) is 6.69. The van der Waals surface area contributed by atoms with Gasteiger partial charge in [0.05, 0.1) is 23.4 Å².